The second-order valence-corrected chi connectivity index (χ2v) is 8.19. The molecule has 2 aromatic rings. The summed E-state index contributed by atoms with van der Waals surface area (Å²) in [6, 6.07) is 9.13. The highest BCUT2D eigenvalue weighted by atomic mass is 16.5. The molecule has 0 amide bonds. The Morgan fingerprint density at radius 1 is 1.20 bits per heavy atom. The van der Waals surface area contributed by atoms with E-state index in [4.69, 9.17) is 4.74 Å². The summed E-state index contributed by atoms with van der Waals surface area (Å²) in [5, 5.41) is 6.98. The van der Waals surface area contributed by atoms with Gasteiger partial charge in [0, 0.05) is 58.2 Å². The largest absolute Gasteiger partial charge is 0.379 e. The van der Waals surface area contributed by atoms with Crippen molar-refractivity contribution in [1.82, 2.24) is 25.1 Å². The Kier molecular flexibility index (Phi) is 8.28. The number of nitrogens with zero attached hydrogens (tertiary/aromatic N) is 4. The number of guanidine groups is 1. The molecule has 0 bridgehead atoms. The van der Waals surface area contributed by atoms with Gasteiger partial charge >= 0.3 is 0 Å². The molecule has 2 N–H and O–H groups in total. The van der Waals surface area contributed by atoms with Crippen molar-refractivity contribution in [3.63, 3.8) is 0 Å². The van der Waals surface area contributed by atoms with Crippen molar-refractivity contribution in [3.05, 3.63) is 53.6 Å². The maximum absolute atomic E-state index is 5.51. The van der Waals surface area contributed by atoms with E-state index in [0.29, 0.717) is 12.0 Å². The zero-order valence-corrected chi connectivity index (χ0v) is 18.8. The maximum Gasteiger partial charge on any atom is 0.191 e. The molecule has 1 fully saturated rings. The molecule has 0 aliphatic carbocycles. The van der Waals surface area contributed by atoms with Gasteiger partial charge in [0.1, 0.15) is 5.82 Å². The van der Waals surface area contributed by atoms with Gasteiger partial charge in [-0.05, 0) is 24.0 Å². The lowest BCUT2D eigenvalue weighted by Crippen LogP contribution is -2.52. The first kappa shape index (κ1) is 22.3. The molecule has 7 heteroatoms. The van der Waals surface area contributed by atoms with Crippen molar-refractivity contribution in [2.24, 2.45) is 10.9 Å². The summed E-state index contributed by atoms with van der Waals surface area (Å²) in [5.41, 5.74) is 2.51. The van der Waals surface area contributed by atoms with Gasteiger partial charge in [0.15, 0.2) is 5.96 Å². The zero-order chi connectivity index (χ0) is 21.3. The molecule has 0 spiro atoms. The number of imidazole rings is 1. The van der Waals surface area contributed by atoms with Gasteiger partial charge in [-0.25, -0.2) is 4.98 Å². The fourth-order valence-electron chi connectivity index (χ4n) is 3.91. The third-order valence-electron chi connectivity index (χ3n) is 5.71. The molecule has 2 heterocycles. The van der Waals surface area contributed by atoms with Crippen LogP contribution in [0.2, 0.25) is 0 Å². The first-order valence-corrected chi connectivity index (χ1v) is 10.9. The smallest absolute Gasteiger partial charge is 0.191 e. The van der Waals surface area contributed by atoms with Crippen LogP contribution >= 0.6 is 0 Å². The van der Waals surface area contributed by atoms with Crippen LogP contribution in [0.25, 0.3) is 0 Å². The van der Waals surface area contributed by atoms with Crippen molar-refractivity contribution in [1.29, 1.82) is 0 Å². The Bertz CT molecular complexity index is 810. The summed E-state index contributed by atoms with van der Waals surface area (Å²) in [6.07, 6.45) is 3.86. The first-order valence-electron chi connectivity index (χ1n) is 10.9. The standard InChI is InChI=1S/C23H36N6O/c1-18(2)22(28-10-12-30-13-11-28)16-27-23(24-4)26-15-20-6-5-7-21(14-20)17-29-9-8-25-19(29)3/h5-9,14,18,22H,10-13,15-17H2,1-4H3,(H2,24,26,27). The van der Waals surface area contributed by atoms with E-state index in [1.807, 2.05) is 26.4 Å². The van der Waals surface area contributed by atoms with E-state index in [1.54, 1.807) is 0 Å². The minimum Gasteiger partial charge on any atom is -0.379 e. The van der Waals surface area contributed by atoms with Gasteiger partial charge in [0.05, 0.1) is 13.2 Å². The number of morpholine rings is 1. The van der Waals surface area contributed by atoms with Gasteiger partial charge in [0.2, 0.25) is 0 Å². The van der Waals surface area contributed by atoms with E-state index in [-0.39, 0.29) is 0 Å². The molecule has 3 rings (SSSR count). The van der Waals surface area contributed by atoms with Crippen molar-refractivity contribution < 1.29 is 4.74 Å². The van der Waals surface area contributed by atoms with E-state index in [1.165, 1.54) is 11.1 Å². The van der Waals surface area contributed by atoms with Crippen molar-refractivity contribution in [2.45, 2.75) is 39.9 Å². The predicted molar refractivity (Wildman–Crippen MR) is 122 cm³/mol. The molecule has 7 nitrogen and oxygen atoms in total. The Morgan fingerprint density at radius 3 is 2.63 bits per heavy atom. The monoisotopic (exact) mass is 412 g/mol. The van der Waals surface area contributed by atoms with Crippen LogP contribution in [0.3, 0.4) is 0 Å². The van der Waals surface area contributed by atoms with E-state index in [2.05, 4.69) is 68.2 Å². The lowest BCUT2D eigenvalue weighted by Gasteiger charge is -2.37. The SMILES string of the molecule is CN=C(NCc1cccc(Cn2ccnc2C)c1)NCC(C(C)C)N1CCOCC1. The minimum absolute atomic E-state index is 0.467. The van der Waals surface area contributed by atoms with Crippen LogP contribution in [0.4, 0.5) is 0 Å². The molecule has 1 unspecified atom stereocenters. The lowest BCUT2D eigenvalue weighted by molar-refractivity contribution is 0.00752. The molecule has 0 saturated carbocycles. The number of aliphatic imine (C=N–C) groups is 1. The Morgan fingerprint density at radius 2 is 1.97 bits per heavy atom. The quantitative estimate of drug-likeness (QED) is 0.514. The number of hydrogen-bond acceptors (Lipinski definition) is 4. The van der Waals surface area contributed by atoms with E-state index in [9.17, 15) is 0 Å². The van der Waals surface area contributed by atoms with Crippen LogP contribution < -0.4 is 10.6 Å². The van der Waals surface area contributed by atoms with Gasteiger partial charge in [-0.15, -0.1) is 0 Å². The summed E-state index contributed by atoms with van der Waals surface area (Å²) < 4.78 is 7.67. The van der Waals surface area contributed by atoms with Crippen LogP contribution in [-0.2, 0) is 17.8 Å². The predicted octanol–water partition coefficient (Wildman–Crippen LogP) is 2.26. The van der Waals surface area contributed by atoms with E-state index < -0.39 is 0 Å². The number of aryl methyl sites for hydroxylation is 1. The normalized spacial score (nSPS) is 16.6. The number of aromatic nitrogens is 2. The minimum atomic E-state index is 0.467. The molecule has 1 atom stereocenters. The molecule has 0 radical (unpaired) electrons. The summed E-state index contributed by atoms with van der Waals surface area (Å²) in [4.78, 5) is 11.2. The summed E-state index contributed by atoms with van der Waals surface area (Å²) in [5.74, 6) is 2.44. The third kappa shape index (κ3) is 6.31. The fourth-order valence-corrected chi connectivity index (χ4v) is 3.91. The molecule has 164 valence electrons. The van der Waals surface area contributed by atoms with Crippen LogP contribution in [0, 0.1) is 12.8 Å². The van der Waals surface area contributed by atoms with Gasteiger partial charge in [-0.1, -0.05) is 38.1 Å². The molecule has 1 saturated heterocycles. The van der Waals surface area contributed by atoms with Gasteiger partial charge in [-0.3, -0.25) is 9.89 Å². The Balaban J connectivity index is 1.52. The molecule has 1 aromatic carbocycles. The van der Waals surface area contributed by atoms with Crippen molar-refractivity contribution in [3.8, 4) is 0 Å². The molecule has 30 heavy (non-hydrogen) atoms. The second kappa shape index (κ2) is 11.1. The van der Waals surface area contributed by atoms with Crippen molar-refractivity contribution in [2.75, 3.05) is 39.9 Å². The summed E-state index contributed by atoms with van der Waals surface area (Å²) in [7, 11) is 1.83. The highest BCUT2D eigenvalue weighted by molar-refractivity contribution is 5.79. The number of hydrogen-bond donors (Lipinski definition) is 2. The average Bonchev–Trinajstić information content (AvgIpc) is 3.15. The highest BCUT2D eigenvalue weighted by Gasteiger charge is 2.23. The van der Waals surface area contributed by atoms with Crippen LogP contribution in [0.15, 0.2) is 41.7 Å². The number of benzene rings is 1. The van der Waals surface area contributed by atoms with E-state index in [0.717, 1.165) is 57.7 Å². The number of ether oxygens (including phenoxy) is 1. The second-order valence-electron chi connectivity index (χ2n) is 8.19. The van der Waals surface area contributed by atoms with Crippen LogP contribution in [0.5, 0.6) is 0 Å². The molecule has 1 aromatic heterocycles. The third-order valence-corrected chi connectivity index (χ3v) is 5.71. The van der Waals surface area contributed by atoms with Gasteiger partial charge in [0.25, 0.3) is 0 Å². The number of rotatable bonds is 8. The van der Waals surface area contributed by atoms with Gasteiger partial charge < -0.3 is 19.9 Å². The Hall–Kier alpha value is -2.38. The Labute approximate surface area is 180 Å². The molecular formula is C23H36N6O. The van der Waals surface area contributed by atoms with Crippen molar-refractivity contribution >= 4 is 5.96 Å². The first-order chi connectivity index (χ1) is 14.6. The summed E-state index contributed by atoms with van der Waals surface area (Å²) in [6.45, 7) is 12.7. The zero-order valence-electron chi connectivity index (χ0n) is 18.8. The fraction of sp³-hybridized carbons (Fsp3) is 0.565. The molecular weight excluding hydrogens is 376 g/mol. The van der Waals surface area contributed by atoms with E-state index >= 15 is 0 Å². The lowest BCUT2D eigenvalue weighted by atomic mass is 10.0. The topological polar surface area (TPSA) is 66.7 Å². The highest BCUT2D eigenvalue weighted by Crippen LogP contribution is 2.12. The summed E-state index contributed by atoms with van der Waals surface area (Å²) >= 11 is 0. The van der Waals surface area contributed by atoms with Crippen LogP contribution in [0.1, 0.15) is 30.8 Å². The number of nitrogens with one attached hydrogen (secondary N) is 2. The average molecular weight is 413 g/mol. The van der Waals surface area contributed by atoms with Crippen LogP contribution in [-0.4, -0.2) is 66.3 Å². The molecule has 1 aliphatic heterocycles. The van der Waals surface area contributed by atoms with Gasteiger partial charge in [-0.2, -0.15) is 0 Å². The molecule has 1 aliphatic rings. The maximum atomic E-state index is 5.51.